The zero-order valence-corrected chi connectivity index (χ0v) is 5.65. The number of aliphatic hydroxyl groups excluding tert-OH is 2. The van der Waals surface area contributed by atoms with Gasteiger partial charge in [-0.1, -0.05) is 0 Å². The summed E-state index contributed by atoms with van der Waals surface area (Å²) < 4.78 is 1.44. The van der Waals surface area contributed by atoms with Crippen LogP contribution in [0, 0.1) is 0 Å². The van der Waals surface area contributed by atoms with Gasteiger partial charge in [0.1, 0.15) is 13.2 Å². The van der Waals surface area contributed by atoms with Gasteiger partial charge in [-0.2, -0.15) is 5.10 Å². The Balaban J connectivity index is 2.92. The zero-order valence-electron chi connectivity index (χ0n) is 5.65. The van der Waals surface area contributed by atoms with Crippen LogP contribution in [0.3, 0.4) is 0 Å². The molecule has 0 aliphatic rings. The monoisotopic (exact) mass is 143 g/mol. The van der Waals surface area contributed by atoms with Gasteiger partial charge in [0.15, 0.2) is 11.6 Å². The van der Waals surface area contributed by atoms with Crippen LogP contribution < -0.4 is 0 Å². The second-order valence-corrected chi connectivity index (χ2v) is 1.88. The Kier molecular flexibility index (Phi) is 1.98. The molecule has 0 fully saturated rings. The summed E-state index contributed by atoms with van der Waals surface area (Å²) in [7, 11) is 1.66. The lowest BCUT2D eigenvalue weighted by molar-refractivity contribution is 0.264. The lowest BCUT2D eigenvalue weighted by Crippen LogP contribution is -1.98. The number of nitrogens with zero attached hydrogens (tertiary/aromatic N) is 3. The first-order valence-corrected chi connectivity index (χ1v) is 2.88. The Morgan fingerprint density at radius 3 is 2.40 bits per heavy atom. The van der Waals surface area contributed by atoms with E-state index in [1.807, 2.05) is 0 Å². The molecule has 56 valence electrons. The van der Waals surface area contributed by atoms with Crippen molar-refractivity contribution < 1.29 is 10.2 Å². The van der Waals surface area contributed by atoms with Crippen LogP contribution in [0.4, 0.5) is 0 Å². The van der Waals surface area contributed by atoms with Crippen molar-refractivity contribution in [3.05, 3.63) is 11.6 Å². The van der Waals surface area contributed by atoms with Crippen LogP contribution >= 0.6 is 0 Å². The Morgan fingerprint density at radius 2 is 2.10 bits per heavy atom. The molecule has 0 amide bonds. The zero-order chi connectivity index (χ0) is 7.56. The molecule has 0 aromatic carbocycles. The van der Waals surface area contributed by atoms with Gasteiger partial charge in [-0.05, 0) is 0 Å². The molecular formula is C5H9N3O2. The lowest BCUT2D eigenvalue weighted by Gasteiger charge is -1.89. The predicted octanol–water partition coefficient (Wildman–Crippen LogP) is -1.20. The molecule has 1 aromatic heterocycles. The van der Waals surface area contributed by atoms with Gasteiger partial charge in [-0.15, -0.1) is 0 Å². The average molecular weight is 143 g/mol. The van der Waals surface area contributed by atoms with Crippen LogP contribution in [-0.4, -0.2) is 25.0 Å². The van der Waals surface area contributed by atoms with Gasteiger partial charge >= 0.3 is 0 Å². The van der Waals surface area contributed by atoms with Gasteiger partial charge in [0.05, 0.1) is 0 Å². The van der Waals surface area contributed by atoms with Gasteiger partial charge in [0, 0.05) is 7.05 Å². The molecule has 0 spiro atoms. The van der Waals surface area contributed by atoms with E-state index < -0.39 is 0 Å². The molecule has 0 aliphatic heterocycles. The molecule has 10 heavy (non-hydrogen) atoms. The van der Waals surface area contributed by atoms with Gasteiger partial charge in [-0.25, -0.2) is 4.98 Å². The normalized spacial score (nSPS) is 10.3. The molecule has 0 radical (unpaired) electrons. The van der Waals surface area contributed by atoms with Crippen LogP contribution in [0.25, 0.3) is 0 Å². The molecule has 5 nitrogen and oxygen atoms in total. The smallest absolute Gasteiger partial charge is 0.176 e. The van der Waals surface area contributed by atoms with Crippen LogP contribution in [0.5, 0.6) is 0 Å². The Labute approximate surface area is 57.9 Å². The Hall–Kier alpha value is -0.940. The number of aryl methyl sites for hydroxylation is 1. The summed E-state index contributed by atoms with van der Waals surface area (Å²) in [6, 6.07) is 0. The standard InChI is InChI=1S/C5H9N3O2/c1-8-5(3-10)6-4(2-9)7-8/h9-10H,2-3H2,1H3. The highest BCUT2D eigenvalue weighted by molar-refractivity contribution is 4.88. The molecule has 2 N–H and O–H groups in total. The van der Waals surface area contributed by atoms with Gasteiger partial charge in [0.2, 0.25) is 0 Å². The molecule has 5 heteroatoms. The first kappa shape index (κ1) is 7.17. The summed E-state index contributed by atoms with van der Waals surface area (Å²) in [4.78, 5) is 3.80. The van der Waals surface area contributed by atoms with E-state index in [-0.39, 0.29) is 13.2 Å². The number of hydrogen-bond acceptors (Lipinski definition) is 4. The first-order valence-electron chi connectivity index (χ1n) is 2.88. The van der Waals surface area contributed by atoms with E-state index in [2.05, 4.69) is 10.1 Å². The second-order valence-electron chi connectivity index (χ2n) is 1.88. The summed E-state index contributed by atoms with van der Waals surface area (Å²) >= 11 is 0. The van der Waals surface area contributed by atoms with Crippen LogP contribution in [-0.2, 0) is 20.3 Å². The minimum absolute atomic E-state index is 0.149. The topological polar surface area (TPSA) is 71.2 Å². The number of aromatic nitrogens is 3. The van der Waals surface area contributed by atoms with Crippen molar-refractivity contribution >= 4 is 0 Å². The van der Waals surface area contributed by atoms with E-state index in [1.165, 1.54) is 4.68 Å². The van der Waals surface area contributed by atoms with E-state index in [0.29, 0.717) is 11.6 Å². The van der Waals surface area contributed by atoms with Crippen molar-refractivity contribution in [1.29, 1.82) is 0 Å². The summed E-state index contributed by atoms with van der Waals surface area (Å²) in [5, 5.41) is 21.0. The van der Waals surface area contributed by atoms with Crippen molar-refractivity contribution in [3.8, 4) is 0 Å². The van der Waals surface area contributed by atoms with E-state index in [1.54, 1.807) is 7.05 Å². The van der Waals surface area contributed by atoms with Crippen molar-refractivity contribution in [2.75, 3.05) is 0 Å². The largest absolute Gasteiger partial charge is 0.388 e. The van der Waals surface area contributed by atoms with Gasteiger partial charge < -0.3 is 10.2 Å². The van der Waals surface area contributed by atoms with Crippen LogP contribution in [0.2, 0.25) is 0 Å². The van der Waals surface area contributed by atoms with E-state index in [4.69, 9.17) is 10.2 Å². The summed E-state index contributed by atoms with van der Waals surface area (Å²) in [6.07, 6.45) is 0. The highest BCUT2D eigenvalue weighted by Gasteiger charge is 2.02. The first-order chi connectivity index (χ1) is 4.77. The molecule has 0 unspecified atom stereocenters. The summed E-state index contributed by atoms with van der Waals surface area (Å²) in [6.45, 7) is -0.336. The maximum atomic E-state index is 8.62. The third kappa shape index (κ3) is 1.14. The van der Waals surface area contributed by atoms with Gasteiger partial charge in [0.25, 0.3) is 0 Å². The van der Waals surface area contributed by atoms with E-state index in [9.17, 15) is 0 Å². The third-order valence-electron chi connectivity index (χ3n) is 1.18. The van der Waals surface area contributed by atoms with Crippen molar-refractivity contribution in [1.82, 2.24) is 14.8 Å². The minimum atomic E-state index is -0.187. The minimum Gasteiger partial charge on any atom is -0.388 e. The molecule has 1 rings (SSSR count). The summed E-state index contributed by atoms with van der Waals surface area (Å²) in [5.74, 6) is 0.801. The maximum Gasteiger partial charge on any atom is 0.176 e. The van der Waals surface area contributed by atoms with Crippen LogP contribution in [0.1, 0.15) is 11.6 Å². The fourth-order valence-corrected chi connectivity index (χ4v) is 0.679. The third-order valence-corrected chi connectivity index (χ3v) is 1.18. The lowest BCUT2D eigenvalue weighted by atomic mass is 10.6. The molecular weight excluding hydrogens is 134 g/mol. The van der Waals surface area contributed by atoms with Gasteiger partial charge in [-0.3, -0.25) is 4.68 Å². The number of aliphatic hydroxyl groups is 2. The molecule has 1 heterocycles. The quantitative estimate of drug-likeness (QED) is 0.545. The molecule has 0 atom stereocenters. The molecule has 0 aliphatic carbocycles. The molecule has 1 aromatic rings. The Morgan fingerprint density at radius 1 is 1.40 bits per heavy atom. The fourth-order valence-electron chi connectivity index (χ4n) is 0.679. The van der Waals surface area contributed by atoms with E-state index >= 15 is 0 Å². The van der Waals surface area contributed by atoms with E-state index in [0.717, 1.165) is 0 Å². The molecule has 0 saturated carbocycles. The maximum absolute atomic E-state index is 8.62. The number of hydrogen-bond donors (Lipinski definition) is 2. The second kappa shape index (κ2) is 2.76. The Bertz CT molecular complexity index is 221. The SMILES string of the molecule is Cn1nc(CO)nc1CO. The molecule has 0 bridgehead atoms. The number of rotatable bonds is 2. The average Bonchev–Trinajstić information content (AvgIpc) is 2.30. The van der Waals surface area contributed by atoms with Crippen molar-refractivity contribution in [2.45, 2.75) is 13.2 Å². The van der Waals surface area contributed by atoms with Crippen LogP contribution in [0.15, 0.2) is 0 Å². The summed E-state index contributed by atoms with van der Waals surface area (Å²) in [5.41, 5.74) is 0. The van der Waals surface area contributed by atoms with Crippen molar-refractivity contribution in [3.63, 3.8) is 0 Å². The van der Waals surface area contributed by atoms with Crippen molar-refractivity contribution in [2.24, 2.45) is 7.05 Å². The predicted molar refractivity (Wildman–Crippen MR) is 32.8 cm³/mol. The highest BCUT2D eigenvalue weighted by Crippen LogP contribution is 1.94. The highest BCUT2D eigenvalue weighted by atomic mass is 16.3. The molecule has 0 saturated heterocycles. The fraction of sp³-hybridized carbons (Fsp3) is 0.600.